The van der Waals surface area contributed by atoms with Crippen LogP contribution in [0.5, 0.6) is 5.75 Å². The van der Waals surface area contributed by atoms with E-state index in [2.05, 4.69) is 11.4 Å². The summed E-state index contributed by atoms with van der Waals surface area (Å²) in [5, 5.41) is 3.33. The number of hydrogen-bond donors (Lipinski definition) is 1. The zero-order chi connectivity index (χ0) is 24.7. The Morgan fingerprint density at radius 1 is 0.971 bits per heavy atom. The number of nitrogens with one attached hydrogen (secondary N) is 1. The maximum absolute atomic E-state index is 13.5. The van der Waals surface area contributed by atoms with Crippen molar-refractivity contribution in [1.82, 2.24) is 10.2 Å². The maximum Gasteiger partial charge on any atom is 0.261 e. The number of amides is 2. The lowest BCUT2D eigenvalue weighted by Gasteiger charge is -2.31. The van der Waals surface area contributed by atoms with Gasteiger partial charge in [0.1, 0.15) is 11.8 Å². The standard InChI is InChI=1S/C28H31ClN2O3/c1-19-14-20(2)21(3)26(15-19)34-18-27(32)31(17-23-10-12-24(29)13-11-23)25(28(33)30-4)16-22-8-6-5-7-9-22/h5-15,25H,16-18H2,1-4H3,(H,30,33)/t25-/m1/s1. The van der Waals surface area contributed by atoms with Crippen LogP contribution in [0.1, 0.15) is 27.8 Å². The van der Waals surface area contributed by atoms with Crippen LogP contribution in [0.25, 0.3) is 0 Å². The van der Waals surface area contributed by atoms with Crippen molar-refractivity contribution >= 4 is 23.4 Å². The molecule has 0 aliphatic rings. The van der Waals surface area contributed by atoms with Crippen LogP contribution in [0.15, 0.2) is 66.7 Å². The number of carbonyl (C=O) groups is 2. The number of halogens is 1. The van der Waals surface area contributed by atoms with E-state index in [0.29, 0.717) is 17.2 Å². The van der Waals surface area contributed by atoms with Crippen LogP contribution in [-0.2, 0) is 22.6 Å². The molecule has 0 aliphatic carbocycles. The van der Waals surface area contributed by atoms with Gasteiger partial charge in [0.2, 0.25) is 5.91 Å². The summed E-state index contributed by atoms with van der Waals surface area (Å²) in [5.41, 5.74) is 5.01. The molecule has 1 atom stereocenters. The zero-order valence-corrected chi connectivity index (χ0v) is 20.9. The van der Waals surface area contributed by atoms with Crippen molar-refractivity contribution in [2.45, 2.75) is 39.8 Å². The first kappa shape index (κ1) is 25.3. The molecule has 0 radical (unpaired) electrons. The van der Waals surface area contributed by atoms with E-state index >= 15 is 0 Å². The Morgan fingerprint density at radius 2 is 1.65 bits per heavy atom. The molecule has 0 saturated heterocycles. The molecule has 0 bridgehead atoms. The fraction of sp³-hybridized carbons (Fsp3) is 0.286. The fourth-order valence-electron chi connectivity index (χ4n) is 3.88. The highest BCUT2D eigenvalue weighted by Crippen LogP contribution is 2.24. The number of nitrogens with zero attached hydrogens (tertiary/aromatic N) is 1. The molecule has 2 amide bonds. The summed E-state index contributed by atoms with van der Waals surface area (Å²) in [6.07, 6.45) is 0.391. The van der Waals surface area contributed by atoms with Gasteiger partial charge in [0, 0.05) is 25.0 Å². The molecule has 0 fully saturated rings. The Labute approximate surface area is 206 Å². The topological polar surface area (TPSA) is 58.6 Å². The molecule has 0 aliphatic heterocycles. The van der Waals surface area contributed by atoms with Crippen LogP contribution in [0.3, 0.4) is 0 Å². The van der Waals surface area contributed by atoms with Gasteiger partial charge < -0.3 is 15.0 Å². The Kier molecular flexibility index (Phi) is 8.72. The summed E-state index contributed by atoms with van der Waals surface area (Å²) >= 11 is 6.05. The number of benzene rings is 3. The lowest BCUT2D eigenvalue weighted by atomic mass is 10.0. The van der Waals surface area contributed by atoms with E-state index in [9.17, 15) is 9.59 Å². The SMILES string of the molecule is CNC(=O)[C@@H](Cc1ccccc1)N(Cc1ccc(Cl)cc1)C(=O)COc1cc(C)cc(C)c1C. The van der Waals surface area contributed by atoms with Crippen LogP contribution in [-0.4, -0.2) is 36.4 Å². The van der Waals surface area contributed by atoms with Gasteiger partial charge in [-0.05, 0) is 66.8 Å². The molecular weight excluding hydrogens is 448 g/mol. The zero-order valence-electron chi connectivity index (χ0n) is 20.1. The first-order chi connectivity index (χ1) is 16.3. The van der Waals surface area contributed by atoms with E-state index in [4.69, 9.17) is 16.3 Å². The Balaban J connectivity index is 1.89. The summed E-state index contributed by atoms with van der Waals surface area (Å²) in [4.78, 5) is 28.1. The van der Waals surface area contributed by atoms with Crippen LogP contribution in [0.4, 0.5) is 0 Å². The molecule has 3 rings (SSSR count). The molecular formula is C28H31ClN2O3. The Bertz CT molecular complexity index is 1130. The van der Waals surface area contributed by atoms with Gasteiger partial charge in [-0.2, -0.15) is 0 Å². The summed E-state index contributed by atoms with van der Waals surface area (Å²) in [6, 6.07) is 20.3. The highest BCUT2D eigenvalue weighted by molar-refractivity contribution is 6.30. The largest absolute Gasteiger partial charge is 0.483 e. The van der Waals surface area contributed by atoms with Gasteiger partial charge in [-0.25, -0.2) is 0 Å². The van der Waals surface area contributed by atoms with Gasteiger partial charge in [0.15, 0.2) is 6.61 Å². The van der Waals surface area contributed by atoms with Gasteiger partial charge >= 0.3 is 0 Å². The van der Waals surface area contributed by atoms with Crippen molar-refractivity contribution in [3.8, 4) is 5.75 Å². The molecule has 0 heterocycles. The van der Waals surface area contributed by atoms with Crippen molar-refractivity contribution in [3.63, 3.8) is 0 Å². The minimum Gasteiger partial charge on any atom is -0.483 e. The summed E-state index contributed by atoms with van der Waals surface area (Å²) in [5.74, 6) is 0.184. The maximum atomic E-state index is 13.5. The predicted octanol–water partition coefficient (Wildman–Crippen LogP) is 5.03. The average Bonchev–Trinajstić information content (AvgIpc) is 2.83. The number of likely N-dealkylation sites (N-methyl/N-ethyl adjacent to an activating group) is 1. The first-order valence-corrected chi connectivity index (χ1v) is 11.7. The van der Waals surface area contributed by atoms with Gasteiger partial charge in [0.25, 0.3) is 5.91 Å². The normalized spacial score (nSPS) is 11.6. The van der Waals surface area contributed by atoms with Crippen molar-refractivity contribution in [1.29, 1.82) is 0 Å². The van der Waals surface area contributed by atoms with E-state index in [1.807, 2.05) is 69.3 Å². The smallest absolute Gasteiger partial charge is 0.261 e. The van der Waals surface area contributed by atoms with Gasteiger partial charge in [-0.3, -0.25) is 9.59 Å². The second-order valence-corrected chi connectivity index (χ2v) is 8.90. The van der Waals surface area contributed by atoms with E-state index in [0.717, 1.165) is 27.8 Å². The highest BCUT2D eigenvalue weighted by Gasteiger charge is 2.30. The van der Waals surface area contributed by atoms with E-state index < -0.39 is 6.04 Å². The second-order valence-electron chi connectivity index (χ2n) is 8.46. The summed E-state index contributed by atoms with van der Waals surface area (Å²) in [7, 11) is 1.58. The minimum absolute atomic E-state index is 0.167. The van der Waals surface area contributed by atoms with Gasteiger partial charge in [-0.15, -0.1) is 0 Å². The Hall–Kier alpha value is -3.31. The number of rotatable bonds is 9. The monoisotopic (exact) mass is 478 g/mol. The lowest BCUT2D eigenvalue weighted by molar-refractivity contribution is -0.142. The molecule has 6 heteroatoms. The molecule has 5 nitrogen and oxygen atoms in total. The van der Waals surface area contributed by atoms with Crippen LogP contribution >= 0.6 is 11.6 Å². The number of aryl methyl sites for hydroxylation is 2. The highest BCUT2D eigenvalue weighted by atomic mass is 35.5. The van der Waals surface area contributed by atoms with Crippen molar-refractivity contribution in [3.05, 3.63) is 99.6 Å². The van der Waals surface area contributed by atoms with Crippen LogP contribution in [0.2, 0.25) is 5.02 Å². The van der Waals surface area contributed by atoms with Crippen molar-refractivity contribution < 1.29 is 14.3 Å². The predicted molar refractivity (Wildman–Crippen MR) is 136 cm³/mol. The molecule has 0 aromatic heterocycles. The van der Waals surface area contributed by atoms with E-state index in [1.165, 1.54) is 0 Å². The van der Waals surface area contributed by atoms with Crippen molar-refractivity contribution in [2.24, 2.45) is 0 Å². The van der Waals surface area contributed by atoms with E-state index in [1.54, 1.807) is 24.1 Å². The molecule has 34 heavy (non-hydrogen) atoms. The third kappa shape index (κ3) is 6.61. The number of carbonyl (C=O) groups excluding carboxylic acids is 2. The first-order valence-electron chi connectivity index (χ1n) is 11.3. The molecule has 178 valence electrons. The van der Waals surface area contributed by atoms with Gasteiger partial charge in [-0.1, -0.05) is 60.1 Å². The quantitative estimate of drug-likeness (QED) is 0.469. The molecule has 0 spiro atoms. The average molecular weight is 479 g/mol. The molecule has 3 aromatic rings. The third-order valence-electron chi connectivity index (χ3n) is 5.90. The van der Waals surface area contributed by atoms with E-state index in [-0.39, 0.29) is 25.0 Å². The minimum atomic E-state index is -0.695. The summed E-state index contributed by atoms with van der Waals surface area (Å²) < 4.78 is 5.97. The van der Waals surface area contributed by atoms with Gasteiger partial charge in [0.05, 0.1) is 0 Å². The summed E-state index contributed by atoms with van der Waals surface area (Å²) in [6.45, 7) is 6.08. The molecule has 1 N–H and O–H groups in total. The van der Waals surface area contributed by atoms with Crippen LogP contribution < -0.4 is 10.1 Å². The number of hydrogen-bond acceptors (Lipinski definition) is 3. The second kappa shape index (κ2) is 11.7. The third-order valence-corrected chi connectivity index (χ3v) is 6.15. The lowest BCUT2D eigenvalue weighted by Crippen LogP contribution is -2.51. The van der Waals surface area contributed by atoms with Crippen molar-refractivity contribution in [2.75, 3.05) is 13.7 Å². The molecule has 3 aromatic carbocycles. The van der Waals surface area contributed by atoms with Crippen LogP contribution in [0, 0.1) is 20.8 Å². The molecule has 0 unspecified atom stereocenters. The Morgan fingerprint density at radius 3 is 2.29 bits per heavy atom. The molecule has 0 saturated carbocycles. The fourth-order valence-corrected chi connectivity index (χ4v) is 4.01. The number of ether oxygens (including phenoxy) is 1.